The van der Waals surface area contributed by atoms with Crippen LogP contribution in [0.25, 0.3) is 27.6 Å². The second-order valence-electron chi connectivity index (χ2n) is 6.81. The highest BCUT2D eigenvalue weighted by Gasteiger charge is 2.35. The van der Waals surface area contributed by atoms with Crippen molar-refractivity contribution in [1.29, 1.82) is 0 Å². The summed E-state index contributed by atoms with van der Waals surface area (Å²) in [4.78, 5) is 5.53. The minimum Gasteiger partial charge on any atom is -0.325 e. The van der Waals surface area contributed by atoms with E-state index in [0.29, 0.717) is 0 Å². The number of nitrogens with zero attached hydrogens (tertiary/aromatic N) is 2. The molecule has 4 heteroatoms. The smallest absolute Gasteiger partial charge is 0.145 e. The van der Waals surface area contributed by atoms with E-state index in [4.69, 9.17) is 0 Å². The zero-order valence-electron chi connectivity index (χ0n) is 13.4. The first-order valence-corrected chi connectivity index (χ1v) is 8.75. The van der Waals surface area contributed by atoms with E-state index >= 15 is 0 Å². The molecule has 0 fully saturated rings. The summed E-state index contributed by atoms with van der Waals surface area (Å²) in [6.45, 7) is 4.50. The topological polar surface area (TPSA) is 38.0 Å². The monoisotopic (exact) mass is 332 g/mol. The van der Waals surface area contributed by atoms with Crippen molar-refractivity contribution in [3.8, 4) is 5.69 Å². The average Bonchev–Trinajstić information content (AvgIpc) is 2.94. The van der Waals surface area contributed by atoms with Crippen LogP contribution >= 0.6 is 12.0 Å². The summed E-state index contributed by atoms with van der Waals surface area (Å²) in [5.74, 6) is 0. The maximum Gasteiger partial charge on any atom is 0.145 e. The van der Waals surface area contributed by atoms with Gasteiger partial charge in [-0.1, -0.05) is 32.0 Å². The van der Waals surface area contributed by atoms with Gasteiger partial charge in [-0.3, -0.25) is 4.57 Å². The molecule has 0 saturated heterocycles. The van der Waals surface area contributed by atoms with Crippen molar-refractivity contribution in [2.24, 2.45) is 0 Å². The van der Waals surface area contributed by atoms with Crippen molar-refractivity contribution in [3.63, 3.8) is 0 Å². The van der Waals surface area contributed by atoms with E-state index in [0.717, 1.165) is 33.4 Å². The quantitative estimate of drug-likeness (QED) is 0.475. The Morgan fingerprint density at radius 2 is 1.83 bits per heavy atom. The predicted octanol–water partition coefficient (Wildman–Crippen LogP) is 5.38. The van der Waals surface area contributed by atoms with Gasteiger partial charge < -0.3 is 4.55 Å². The highest BCUT2D eigenvalue weighted by atomic mass is 32.2. The van der Waals surface area contributed by atoms with Gasteiger partial charge in [0.25, 0.3) is 0 Å². The van der Waals surface area contributed by atoms with Gasteiger partial charge in [0.2, 0.25) is 0 Å². The van der Waals surface area contributed by atoms with E-state index in [9.17, 15) is 4.55 Å². The Kier molecular flexibility index (Phi) is 2.71. The van der Waals surface area contributed by atoms with Gasteiger partial charge in [-0.05, 0) is 41.5 Å². The lowest BCUT2D eigenvalue weighted by Crippen LogP contribution is -2.26. The van der Waals surface area contributed by atoms with Gasteiger partial charge in [-0.25, -0.2) is 4.98 Å². The number of hydrogen-bond acceptors (Lipinski definition) is 3. The molecule has 0 spiro atoms. The van der Waals surface area contributed by atoms with Crippen molar-refractivity contribution in [2.75, 3.05) is 0 Å². The van der Waals surface area contributed by atoms with Crippen LogP contribution in [0.2, 0.25) is 0 Å². The maximum absolute atomic E-state index is 9.67. The molecule has 1 aliphatic rings. The molecule has 24 heavy (non-hydrogen) atoms. The SMILES string of the molecule is CC1(C)c2ccccc2-n2c3ncccc3c3cc(SO)cc1c32. The second kappa shape index (κ2) is 4.62. The van der Waals surface area contributed by atoms with Crippen molar-refractivity contribution in [1.82, 2.24) is 9.55 Å². The third kappa shape index (κ3) is 1.60. The second-order valence-corrected chi connectivity index (χ2v) is 7.46. The Bertz CT molecular complexity index is 1130. The Balaban J connectivity index is 2.12. The van der Waals surface area contributed by atoms with Crippen LogP contribution in [0.1, 0.15) is 25.0 Å². The highest BCUT2D eigenvalue weighted by Crippen LogP contribution is 2.48. The zero-order chi connectivity index (χ0) is 16.5. The van der Waals surface area contributed by atoms with E-state index in [1.165, 1.54) is 22.3 Å². The van der Waals surface area contributed by atoms with Crippen LogP contribution in [0.3, 0.4) is 0 Å². The minimum absolute atomic E-state index is 0.134. The molecular weight excluding hydrogens is 316 g/mol. The molecule has 0 aliphatic carbocycles. The zero-order valence-corrected chi connectivity index (χ0v) is 14.3. The molecule has 0 saturated carbocycles. The molecule has 5 rings (SSSR count). The third-order valence-electron chi connectivity index (χ3n) is 5.19. The summed E-state index contributed by atoms with van der Waals surface area (Å²) < 4.78 is 11.9. The van der Waals surface area contributed by atoms with E-state index in [1.54, 1.807) is 0 Å². The molecule has 4 aromatic rings. The molecule has 0 unspecified atom stereocenters. The van der Waals surface area contributed by atoms with Crippen LogP contribution in [-0.4, -0.2) is 14.1 Å². The number of hydrogen-bond donors (Lipinski definition) is 1. The van der Waals surface area contributed by atoms with Crippen molar-refractivity contribution >= 4 is 34.0 Å². The van der Waals surface area contributed by atoms with Crippen molar-refractivity contribution in [2.45, 2.75) is 24.2 Å². The van der Waals surface area contributed by atoms with Crippen molar-refractivity contribution in [3.05, 3.63) is 65.9 Å². The fourth-order valence-corrected chi connectivity index (χ4v) is 4.39. The molecule has 0 radical (unpaired) electrons. The van der Waals surface area contributed by atoms with E-state index < -0.39 is 0 Å². The van der Waals surface area contributed by atoms with Crippen molar-refractivity contribution < 1.29 is 4.55 Å². The van der Waals surface area contributed by atoms with Crippen LogP contribution in [-0.2, 0) is 5.41 Å². The number of rotatable bonds is 1. The Morgan fingerprint density at radius 3 is 2.67 bits per heavy atom. The molecule has 3 nitrogen and oxygen atoms in total. The summed E-state index contributed by atoms with van der Waals surface area (Å²) in [7, 11) is 0. The Labute approximate surface area is 144 Å². The number of fused-ring (bicyclic) bond motifs is 5. The lowest BCUT2D eigenvalue weighted by Gasteiger charge is -2.34. The first-order valence-electron chi connectivity index (χ1n) is 7.98. The lowest BCUT2D eigenvalue weighted by atomic mass is 9.75. The number of aromatic nitrogens is 2. The maximum atomic E-state index is 9.67. The van der Waals surface area contributed by atoms with E-state index in [1.807, 2.05) is 12.3 Å². The molecule has 118 valence electrons. The minimum atomic E-state index is -0.134. The van der Waals surface area contributed by atoms with Crippen LogP contribution in [0.4, 0.5) is 0 Å². The standard InChI is InChI=1S/C20H16N2OS/c1-20(2)15-7-3-4-8-17(15)22-18-14(10-12(24-23)11-16(18)20)13-6-5-9-21-19(13)22/h3-11,23H,1-2H3. The number of pyridine rings is 1. The fourth-order valence-electron chi connectivity index (χ4n) is 4.05. The van der Waals surface area contributed by atoms with Crippen LogP contribution in [0.15, 0.2) is 59.6 Å². The van der Waals surface area contributed by atoms with Gasteiger partial charge in [0.05, 0.1) is 11.2 Å². The molecular formula is C20H16N2OS. The first-order chi connectivity index (χ1) is 11.6. The number of benzene rings is 2. The van der Waals surface area contributed by atoms with Gasteiger partial charge in [0.1, 0.15) is 5.65 Å². The largest absolute Gasteiger partial charge is 0.325 e. The van der Waals surface area contributed by atoms with Gasteiger partial charge in [-0.15, -0.1) is 0 Å². The first kappa shape index (κ1) is 14.1. The molecule has 0 amide bonds. The van der Waals surface area contributed by atoms with Gasteiger partial charge >= 0.3 is 0 Å². The summed E-state index contributed by atoms with van der Waals surface area (Å²) in [6.07, 6.45) is 1.84. The highest BCUT2D eigenvalue weighted by molar-refractivity contribution is 7.93. The lowest BCUT2D eigenvalue weighted by molar-refractivity contribution is 0.626. The predicted molar refractivity (Wildman–Crippen MR) is 99.2 cm³/mol. The molecule has 1 N–H and O–H groups in total. The molecule has 2 aromatic carbocycles. The summed E-state index contributed by atoms with van der Waals surface area (Å²) in [6, 6.07) is 16.8. The van der Waals surface area contributed by atoms with Crippen LogP contribution < -0.4 is 0 Å². The Hall–Kier alpha value is -2.30. The van der Waals surface area contributed by atoms with E-state index in [-0.39, 0.29) is 5.41 Å². The van der Waals surface area contributed by atoms with E-state index in [2.05, 4.69) is 65.9 Å². The average molecular weight is 332 g/mol. The van der Waals surface area contributed by atoms with Gasteiger partial charge in [0, 0.05) is 39.3 Å². The molecule has 0 atom stereocenters. The molecule has 3 heterocycles. The molecule has 1 aliphatic heterocycles. The molecule has 2 aromatic heterocycles. The number of para-hydroxylation sites is 1. The normalized spacial score (nSPS) is 15.0. The van der Waals surface area contributed by atoms with Crippen LogP contribution in [0.5, 0.6) is 0 Å². The van der Waals surface area contributed by atoms with Gasteiger partial charge in [-0.2, -0.15) is 0 Å². The summed E-state index contributed by atoms with van der Waals surface area (Å²) in [5, 5.41) is 2.27. The van der Waals surface area contributed by atoms with Gasteiger partial charge in [0.15, 0.2) is 0 Å². The summed E-state index contributed by atoms with van der Waals surface area (Å²) in [5.41, 5.74) is 5.74. The third-order valence-corrected chi connectivity index (χ3v) is 5.64. The fraction of sp³-hybridized carbons (Fsp3) is 0.150. The molecule has 0 bridgehead atoms. The Morgan fingerprint density at radius 1 is 1.00 bits per heavy atom. The van der Waals surface area contributed by atoms with Crippen LogP contribution in [0, 0.1) is 0 Å². The summed E-state index contributed by atoms with van der Waals surface area (Å²) >= 11 is 0.807.